The molecule has 3 amide bonds. The van der Waals surface area contributed by atoms with E-state index in [2.05, 4.69) is 5.32 Å². The van der Waals surface area contributed by atoms with Crippen LogP contribution in [0.1, 0.15) is 52.2 Å². The number of nitrogens with zero attached hydrogens (tertiary/aromatic N) is 3. The normalized spacial score (nSPS) is 16.8. The minimum absolute atomic E-state index is 0.166. The lowest BCUT2D eigenvalue weighted by molar-refractivity contribution is -0.145. The van der Waals surface area contributed by atoms with E-state index < -0.39 is 39.3 Å². The number of carbonyl (C=O) groups excluding carboxylic acids is 3. The van der Waals surface area contributed by atoms with Crippen molar-refractivity contribution < 1.29 is 27.5 Å². The summed E-state index contributed by atoms with van der Waals surface area (Å²) in [5, 5.41) is 4.95. The van der Waals surface area contributed by atoms with Crippen LogP contribution in [0, 0.1) is 0 Å². The number of piperazine rings is 1. The van der Waals surface area contributed by atoms with Crippen LogP contribution in [-0.2, 0) is 37.2 Å². The first-order valence-corrected chi connectivity index (χ1v) is 18.5. The fraction of sp³-hybridized carbons (Fsp3) is 0.447. The van der Waals surface area contributed by atoms with E-state index in [9.17, 15) is 22.8 Å². The van der Waals surface area contributed by atoms with Crippen LogP contribution in [0.3, 0.4) is 0 Å². The molecule has 1 aliphatic heterocycles. The van der Waals surface area contributed by atoms with Crippen molar-refractivity contribution in [1.29, 1.82) is 0 Å². The van der Waals surface area contributed by atoms with Gasteiger partial charge in [-0.3, -0.25) is 9.59 Å². The molecule has 10 nitrogen and oxygen atoms in total. The Kier molecular flexibility index (Phi) is 11.9. The van der Waals surface area contributed by atoms with Crippen LogP contribution in [0.15, 0.2) is 84.9 Å². The van der Waals surface area contributed by atoms with E-state index >= 15 is 0 Å². The zero-order valence-electron chi connectivity index (χ0n) is 29.7. The molecule has 3 aromatic rings. The van der Waals surface area contributed by atoms with E-state index in [4.69, 9.17) is 4.74 Å². The van der Waals surface area contributed by atoms with Gasteiger partial charge in [-0.25, -0.2) is 13.2 Å². The molecule has 0 aromatic heterocycles. The first-order valence-electron chi connectivity index (χ1n) is 16.6. The highest BCUT2D eigenvalue weighted by Gasteiger charge is 2.38. The molecule has 2 atom stereocenters. The topological polar surface area (TPSA) is 116 Å². The van der Waals surface area contributed by atoms with E-state index in [-0.39, 0.29) is 37.9 Å². The summed E-state index contributed by atoms with van der Waals surface area (Å²) >= 11 is 0. The number of nitrogens with one attached hydrogen (secondary N) is 1. The second-order valence-electron chi connectivity index (χ2n) is 14.5. The Morgan fingerprint density at radius 2 is 1.59 bits per heavy atom. The monoisotopic (exact) mass is 690 g/mol. The largest absolute Gasteiger partial charge is 0.444 e. The summed E-state index contributed by atoms with van der Waals surface area (Å²) in [7, 11) is -1.85. The fourth-order valence-corrected chi connectivity index (χ4v) is 6.86. The highest BCUT2D eigenvalue weighted by Crippen LogP contribution is 2.23. The van der Waals surface area contributed by atoms with Crippen molar-refractivity contribution in [2.75, 3.05) is 32.9 Å². The Morgan fingerprint density at radius 3 is 2.24 bits per heavy atom. The average molecular weight is 691 g/mol. The molecule has 0 radical (unpaired) electrons. The Bertz CT molecular complexity index is 1770. The Morgan fingerprint density at radius 1 is 0.939 bits per heavy atom. The number of hydrogen-bond acceptors (Lipinski definition) is 6. The Labute approximate surface area is 291 Å². The second-order valence-corrected chi connectivity index (χ2v) is 16.4. The van der Waals surface area contributed by atoms with Crippen LogP contribution < -0.4 is 5.32 Å². The molecule has 1 aliphatic rings. The molecule has 1 fully saturated rings. The van der Waals surface area contributed by atoms with E-state index in [1.807, 2.05) is 86.6 Å². The molecule has 3 aromatic carbocycles. The summed E-state index contributed by atoms with van der Waals surface area (Å²) in [5.74, 6) is -0.597. The first-order chi connectivity index (χ1) is 22.9. The first kappa shape index (κ1) is 37.6. The summed E-state index contributed by atoms with van der Waals surface area (Å²) in [6.07, 6.45) is 4.86. The van der Waals surface area contributed by atoms with Gasteiger partial charge in [0.2, 0.25) is 21.8 Å². The minimum Gasteiger partial charge on any atom is -0.444 e. The molecule has 0 aliphatic carbocycles. The predicted octanol–water partition coefficient (Wildman–Crippen LogP) is 5.17. The molecule has 4 rings (SSSR count). The van der Waals surface area contributed by atoms with Gasteiger partial charge in [0, 0.05) is 44.7 Å². The van der Waals surface area contributed by atoms with Crippen LogP contribution in [-0.4, -0.2) is 96.6 Å². The lowest BCUT2D eigenvalue weighted by atomic mass is 9.97. The van der Waals surface area contributed by atoms with Gasteiger partial charge in [0.05, 0.1) is 6.26 Å². The van der Waals surface area contributed by atoms with Gasteiger partial charge < -0.3 is 19.9 Å². The van der Waals surface area contributed by atoms with E-state index in [0.29, 0.717) is 12.8 Å². The van der Waals surface area contributed by atoms with Crippen molar-refractivity contribution in [2.24, 2.45) is 0 Å². The molecular weight excluding hydrogens is 641 g/mol. The number of carbonyl (C=O) groups is 3. The van der Waals surface area contributed by atoms with E-state index in [1.54, 1.807) is 38.8 Å². The van der Waals surface area contributed by atoms with Gasteiger partial charge in [0.15, 0.2) is 0 Å². The van der Waals surface area contributed by atoms with Gasteiger partial charge >= 0.3 is 6.09 Å². The van der Waals surface area contributed by atoms with Crippen LogP contribution in [0.5, 0.6) is 0 Å². The van der Waals surface area contributed by atoms with E-state index in [1.165, 1.54) is 21.5 Å². The molecular formula is C38H50N4O6S. The molecule has 1 heterocycles. The maximum Gasteiger partial charge on any atom is 0.408 e. The molecule has 0 bridgehead atoms. The molecule has 49 heavy (non-hydrogen) atoms. The van der Waals surface area contributed by atoms with Crippen molar-refractivity contribution in [3.05, 3.63) is 96.1 Å². The SMILES string of the molecule is CN(C(=O)/C=C/CC(C)(C)NC(=O)OC(C)(C)C)[C@H](Cc1ccc2ccccc2c1)C(=O)N1CCN(S(C)(=O)=O)C[C@H]1Cc1ccccc1. The number of alkyl carbamates (subject to hydrolysis) is 1. The Balaban J connectivity index is 1.60. The van der Waals surface area contributed by atoms with E-state index in [0.717, 1.165) is 21.9 Å². The molecule has 1 N–H and O–H groups in total. The predicted molar refractivity (Wildman–Crippen MR) is 193 cm³/mol. The third-order valence-electron chi connectivity index (χ3n) is 8.58. The summed E-state index contributed by atoms with van der Waals surface area (Å²) in [6, 6.07) is 22.4. The maximum absolute atomic E-state index is 14.6. The minimum atomic E-state index is -3.47. The molecule has 0 unspecified atom stereocenters. The molecule has 1 saturated heterocycles. The van der Waals surface area contributed by atoms with Gasteiger partial charge in [-0.05, 0) is 75.4 Å². The third kappa shape index (κ3) is 10.9. The second kappa shape index (κ2) is 15.6. The number of hydrogen-bond donors (Lipinski definition) is 1. The van der Waals surface area contributed by atoms with Crippen LogP contribution in [0.25, 0.3) is 10.8 Å². The van der Waals surface area contributed by atoms with Gasteiger partial charge in [-0.1, -0.05) is 78.9 Å². The lowest BCUT2D eigenvalue weighted by Gasteiger charge is -2.43. The van der Waals surface area contributed by atoms with Gasteiger partial charge in [-0.2, -0.15) is 4.31 Å². The number of sulfonamides is 1. The highest BCUT2D eigenvalue weighted by molar-refractivity contribution is 7.88. The molecule has 0 saturated carbocycles. The number of ether oxygens (including phenoxy) is 1. The number of likely N-dealkylation sites (N-methyl/N-ethyl adjacent to an activating group) is 1. The van der Waals surface area contributed by atoms with Crippen molar-refractivity contribution >= 4 is 38.7 Å². The van der Waals surface area contributed by atoms with Crippen molar-refractivity contribution in [2.45, 2.75) is 77.1 Å². The standard InChI is InChI=1S/C38H50N4O6S/c1-37(2,3)48-36(45)39-38(4,5)21-13-18-34(43)40(6)33(26-29-19-20-30-16-11-12-17-31(30)24-29)35(44)42-23-22-41(49(7,46)47)27-32(42)25-28-14-9-8-10-15-28/h8-20,24,32-33H,21-23,25-27H2,1-7H3,(H,39,45)/b18-13+/t32-,33-/m1/s1. The summed E-state index contributed by atoms with van der Waals surface area (Å²) in [6.45, 7) is 9.60. The summed E-state index contributed by atoms with van der Waals surface area (Å²) < 4.78 is 31.9. The quantitative estimate of drug-likeness (QED) is 0.278. The van der Waals surface area contributed by atoms with Crippen molar-refractivity contribution in [3.63, 3.8) is 0 Å². The van der Waals surface area contributed by atoms with Crippen LogP contribution >= 0.6 is 0 Å². The maximum atomic E-state index is 14.6. The summed E-state index contributed by atoms with van der Waals surface area (Å²) in [5.41, 5.74) is 0.556. The number of rotatable bonds is 11. The van der Waals surface area contributed by atoms with Crippen molar-refractivity contribution in [1.82, 2.24) is 19.4 Å². The fourth-order valence-electron chi connectivity index (χ4n) is 6.01. The number of amides is 3. The number of benzene rings is 3. The molecule has 11 heteroatoms. The molecule has 264 valence electrons. The van der Waals surface area contributed by atoms with Crippen LogP contribution in [0.4, 0.5) is 4.79 Å². The zero-order valence-corrected chi connectivity index (χ0v) is 30.5. The van der Waals surface area contributed by atoms with Gasteiger partial charge in [0.25, 0.3) is 0 Å². The van der Waals surface area contributed by atoms with Crippen LogP contribution in [0.2, 0.25) is 0 Å². The summed E-state index contributed by atoms with van der Waals surface area (Å²) in [4.78, 5) is 43.9. The molecule has 0 spiro atoms. The smallest absolute Gasteiger partial charge is 0.408 e. The Hall–Kier alpha value is -4.22. The van der Waals surface area contributed by atoms with Crippen molar-refractivity contribution in [3.8, 4) is 0 Å². The van der Waals surface area contributed by atoms with Gasteiger partial charge in [-0.15, -0.1) is 0 Å². The lowest BCUT2D eigenvalue weighted by Crippen LogP contribution is -2.61. The third-order valence-corrected chi connectivity index (χ3v) is 9.85. The zero-order chi connectivity index (χ0) is 36.0. The highest BCUT2D eigenvalue weighted by atomic mass is 32.2. The van der Waals surface area contributed by atoms with Gasteiger partial charge in [0.1, 0.15) is 11.6 Å². The average Bonchev–Trinajstić information content (AvgIpc) is 3.01. The number of fused-ring (bicyclic) bond motifs is 1.